The topological polar surface area (TPSA) is 29.5 Å². The number of hydrogen-bond donors (Lipinski definition) is 1. The Labute approximate surface area is 149 Å². The second-order valence-electron chi connectivity index (χ2n) is 5.83. The lowest BCUT2D eigenvalue weighted by atomic mass is 9.96. The molecule has 0 bridgehead atoms. The lowest BCUT2D eigenvalue weighted by Gasteiger charge is -2.18. The monoisotopic (exact) mass is 358 g/mol. The molecule has 0 aliphatic rings. The van der Waals surface area contributed by atoms with Gasteiger partial charge in [-0.15, -0.1) is 0 Å². The lowest BCUT2D eigenvalue weighted by Crippen LogP contribution is -2.12. The van der Waals surface area contributed by atoms with Crippen molar-refractivity contribution in [1.82, 2.24) is 0 Å². The molecule has 3 aromatic rings. The Kier molecular flexibility index (Phi) is 5.28. The summed E-state index contributed by atoms with van der Waals surface area (Å²) in [6.45, 7) is 0.389. The van der Waals surface area contributed by atoms with Gasteiger partial charge in [0.1, 0.15) is 18.5 Å². The summed E-state index contributed by atoms with van der Waals surface area (Å²) in [6.07, 6.45) is -5.88. The third-order valence-corrected chi connectivity index (χ3v) is 4.00. The highest BCUT2D eigenvalue weighted by Crippen LogP contribution is 2.36. The van der Waals surface area contributed by atoms with Crippen LogP contribution >= 0.6 is 0 Å². The molecule has 0 spiro atoms. The van der Waals surface area contributed by atoms with Crippen molar-refractivity contribution in [3.63, 3.8) is 0 Å². The van der Waals surface area contributed by atoms with Crippen LogP contribution in [0.3, 0.4) is 0 Å². The van der Waals surface area contributed by atoms with Gasteiger partial charge < -0.3 is 9.84 Å². The van der Waals surface area contributed by atoms with Crippen molar-refractivity contribution < 1.29 is 23.0 Å². The zero-order valence-corrected chi connectivity index (χ0v) is 13.8. The van der Waals surface area contributed by atoms with Crippen LogP contribution < -0.4 is 4.74 Å². The maximum Gasteiger partial charge on any atom is 0.416 e. The number of rotatable bonds is 5. The van der Waals surface area contributed by atoms with E-state index in [0.29, 0.717) is 17.9 Å². The third-order valence-electron chi connectivity index (χ3n) is 4.00. The summed E-state index contributed by atoms with van der Waals surface area (Å²) in [5, 5.41) is 10.4. The van der Waals surface area contributed by atoms with Crippen LogP contribution in [0.5, 0.6) is 5.75 Å². The molecule has 0 radical (unpaired) electrons. The Morgan fingerprint density at radius 3 is 2.08 bits per heavy atom. The Morgan fingerprint density at radius 2 is 1.42 bits per heavy atom. The zero-order chi connectivity index (χ0) is 18.6. The van der Waals surface area contributed by atoms with Gasteiger partial charge in [-0.25, -0.2) is 0 Å². The van der Waals surface area contributed by atoms with Crippen molar-refractivity contribution in [2.45, 2.75) is 18.9 Å². The van der Waals surface area contributed by atoms with E-state index in [9.17, 15) is 18.3 Å². The molecular formula is C21H17F3O2. The van der Waals surface area contributed by atoms with Crippen molar-refractivity contribution in [3.8, 4) is 5.75 Å². The Morgan fingerprint density at radius 1 is 0.808 bits per heavy atom. The average molecular weight is 358 g/mol. The van der Waals surface area contributed by atoms with E-state index in [1.54, 1.807) is 24.3 Å². The molecule has 3 aromatic carbocycles. The highest BCUT2D eigenvalue weighted by Gasteiger charge is 2.34. The predicted molar refractivity (Wildman–Crippen MR) is 92.7 cm³/mol. The van der Waals surface area contributed by atoms with Crippen LogP contribution in [0.25, 0.3) is 0 Å². The van der Waals surface area contributed by atoms with Crippen LogP contribution in [-0.4, -0.2) is 5.11 Å². The van der Waals surface area contributed by atoms with E-state index in [-0.39, 0.29) is 5.56 Å². The van der Waals surface area contributed by atoms with Crippen LogP contribution in [0.2, 0.25) is 0 Å². The fourth-order valence-electron chi connectivity index (χ4n) is 2.66. The number of aliphatic hydroxyl groups is 1. The van der Waals surface area contributed by atoms with E-state index in [1.807, 2.05) is 30.3 Å². The first kappa shape index (κ1) is 18.0. The summed E-state index contributed by atoms with van der Waals surface area (Å²) in [5.41, 5.74) is 0.374. The summed E-state index contributed by atoms with van der Waals surface area (Å²) in [5.74, 6) is 0.578. The molecule has 5 heteroatoms. The number of halogens is 3. The van der Waals surface area contributed by atoms with Crippen molar-refractivity contribution in [3.05, 3.63) is 101 Å². The first-order valence-electron chi connectivity index (χ1n) is 8.06. The smallest absolute Gasteiger partial charge is 0.416 e. The molecular weight excluding hydrogens is 341 g/mol. The summed E-state index contributed by atoms with van der Waals surface area (Å²) < 4.78 is 45.0. The fourth-order valence-corrected chi connectivity index (χ4v) is 2.66. The molecule has 26 heavy (non-hydrogen) atoms. The molecule has 0 amide bonds. The van der Waals surface area contributed by atoms with E-state index >= 15 is 0 Å². The minimum atomic E-state index is -4.52. The average Bonchev–Trinajstić information content (AvgIpc) is 2.66. The number of aliphatic hydroxyl groups excluding tert-OH is 1. The largest absolute Gasteiger partial charge is 0.489 e. The standard InChI is InChI=1S/C21H17F3O2/c22-21(23,24)19-9-5-4-8-18(19)20(25)16-10-12-17(13-11-16)26-14-15-6-2-1-3-7-15/h1-13,20,25H,14H2. The van der Waals surface area contributed by atoms with Gasteiger partial charge in [0.05, 0.1) is 5.56 Å². The maximum absolute atomic E-state index is 13.1. The molecule has 0 aliphatic heterocycles. The molecule has 1 atom stereocenters. The number of benzene rings is 3. The van der Waals surface area contributed by atoms with Gasteiger partial charge in [-0.3, -0.25) is 0 Å². The van der Waals surface area contributed by atoms with Crippen LogP contribution in [-0.2, 0) is 12.8 Å². The predicted octanol–water partition coefficient (Wildman–Crippen LogP) is 5.37. The molecule has 1 N–H and O–H groups in total. The SMILES string of the molecule is OC(c1ccc(OCc2ccccc2)cc1)c1ccccc1C(F)(F)F. The van der Waals surface area contributed by atoms with Gasteiger partial charge in [0.25, 0.3) is 0 Å². The van der Waals surface area contributed by atoms with Crippen molar-refractivity contribution in [2.75, 3.05) is 0 Å². The van der Waals surface area contributed by atoms with Crippen molar-refractivity contribution in [2.24, 2.45) is 0 Å². The first-order valence-corrected chi connectivity index (χ1v) is 8.06. The van der Waals surface area contributed by atoms with Crippen molar-refractivity contribution >= 4 is 0 Å². The highest BCUT2D eigenvalue weighted by molar-refractivity contribution is 5.39. The van der Waals surface area contributed by atoms with Crippen LogP contribution in [0.4, 0.5) is 13.2 Å². The van der Waals surface area contributed by atoms with E-state index in [0.717, 1.165) is 11.6 Å². The quantitative estimate of drug-likeness (QED) is 0.665. The summed E-state index contributed by atoms with van der Waals surface area (Å²) in [7, 11) is 0. The molecule has 134 valence electrons. The summed E-state index contributed by atoms with van der Waals surface area (Å²) >= 11 is 0. The van der Waals surface area contributed by atoms with E-state index in [1.165, 1.54) is 18.2 Å². The van der Waals surface area contributed by atoms with Crippen LogP contribution in [0, 0.1) is 0 Å². The molecule has 0 aliphatic carbocycles. The Hall–Kier alpha value is -2.79. The third kappa shape index (κ3) is 4.24. The molecule has 0 saturated carbocycles. The molecule has 0 fully saturated rings. The van der Waals surface area contributed by atoms with Crippen LogP contribution in [0.15, 0.2) is 78.9 Å². The zero-order valence-electron chi connectivity index (χ0n) is 13.8. The normalized spacial score (nSPS) is 12.6. The summed E-state index contributed by atoms with van der Waals surface area (Å²) in [6, 6.07) is 21.1. The Balaban J connectivity index is 1.74. The van der Waals surface area contributed by atoms with Gasteiger partial charge in [0, 0.05) is 0 Å². The number of alkyl halides is 3. The van der Waals surface area contributed by atoms with E-state index in [4.69, 9.17) is 4.74 Å². The van der Waals surface area contributed by atoms with Gasteiger partial charge >= 0.3 is 6.18 Å². The first-order chi connectivity index (χ1) is 12.4. The molecule has 0 aromatic heterocycles. The molecule has 2 nitrogen and oxygen atoms in total. The number of ether oxygens (including phenoxy) is 1. The van der Waals surface area contributed by atoms with Gasteiger partial charge in [0.15, 0.2) is 0 Å². The minimum absolute atomic E-state index is 0.169. The Bertz CT molecular complexity index is 843. The molecule has 0 heterocycles. The fraction of sp³-hybridized carbons (Fsp3) is 0.143. The molecule has 1 unspecified atom stereocenters. The van der Waals surface area contributed by atoms with Crippen LogP contribution in [0.1, 0.15) is 28.4 Å². The van der Waals surface area contributed by atoms with E-state index in [2.05, 4.69) is 0 Å². The molecule has 0 saturated heterocycles. The van der Waals surface area contributed by atoms with Gasteiger partial charge in [-0.2, -0.15) is 13.2 Å². The second-order valence-corrected chi connectivity index (χ2v) is 5.83. The van der Waals surface area contributed by atoms with E-state index < -0.39 is 17.8 Å². The maximum atomic E-state index is 13.1. The highest BCUT2D eigenvalue weighted by atomic mass is 19.4. The minimum Gasteiger partial charge on any atom is -0.489 e. The van der Waals surface area contributed by atoms with Gasteiger partial charge in [0.2, 0.25) is 0 Å². The number of hydrogen-bond acceptors (Lipinski definition) is 2. The molecule has 3 rings (SSSR count). The second kappa shape index (κ2) is 7.62. The van der Waals surface area contributed by atoms with Crippen molar-refractivity contribution in [1.29, 1.82) is 0 Å². The lowest BCUT2D eigenvalue weighted by molar-refractivity contribution is -0.139. The van der Waals surface area contributed by atoms with Gasteiger partial charge in [-0.05, 0) is 34.9 Å². The summed E-state index contributed by atoms with van der Waals surface area (Å²) in [4.78, 5) is 0. The van der Waals surface area contributed by atoms with Gasteiger partial charge in [-0.1, -0.05) is 60.7 Å².